The molecule has 22 heavy (non-hydrogen) atoms. The minimum absolute atomic E-state index is 0.306. The Hall–Kier alpha value is -0.406. The molecule has 1 aliphatic rings. The van der Waals surface area contributed by atoms with Gasteiger partial charge >= 0.3 is 59.3 Å². The fraction of sp³-hybridized carbons (Fsp3) is 0.579. The Labute approximate surface area is 146 Å². The van der Waals surface area contributed by atoms with Crippen LogP contribution in [0.2, 0.25) is 4.73 Å². The van der Waals surface area contributed by atoms with E-state index in [0.29, 0.717) is 19.2 Å². The van der Waals surface area contributed by atoms with Gasteiger partial charge in [-0.05, 0) is 12.8 Å². The van der Waals surface area contributed by atoms with Crippen molar-refractivity contribution in [1.29, 1.82) is 0 Å². The van der Waals surface area contributed by atoms with Crippen molar-refractivity contribution in [3.8, 4) is 0 Å². The molecule has 0 heterocycles. The summed E-state index contributed by atoms with van der Waals surface area (Å²) in [5, 5.41) is 20.5. The van der Waals surface area contributed by atoms with Gasteiger partial charge in [0.2, 0.25) is 0 Å². The fourth-order valence-electron chi connectivity index (χ4n) is 1.51. The summed E-state index contributed by atoms with van der Waals surface area (Å²) in [4.78, 5) is 0. The van der Waals surface area contributed by atoms with E-state index in [4.69, 9.17) is 0 Å². The van der Waals surface area contributed by atoms with Crippen LogP contribution >= 0.6 is 0 Å². The third-order valence-electron chi connectivity index (χ3n) is 2.73. The van der Waals surface area contributed by atoms with Crippen molar-refractivity contribution in [2.24, 2.45) is 0 Å². The number of allylic oxidation sites excluding steroid dienone is 6. The molecule has 0 aliphatic heterocycles. The van der Waals surface area contributed by atoms with E-state index >= 15 is 0 Å². The number of rotatable bonds is 8. The van der Waals surface area contributed by atoms with Crippen LogP contribution in [0.4, 0.5) is 0 Å². The van der Waals surface area contributed by atoms with E-state index in [2.05, 4.69) is 38.3 Å². The van der Waals surface area contributed by atoms with Crippen molar-refractivity contribution in [1.82, 2.24) is 0 Å². The molecule has 0 bridgehead atoms. The minimum atomic E-state index is -0.419. The summed E-state index contributed by atoms with van der Waals surface area (Å²) in [5.74, 6) is 0. The van der Waals surface area contributed by atoms with E-state index in [-0.39, 0.29) is 0 Å². The Kier molecular flexibility index (Phi) is 20.2. The van der Waals surface area contributed by atoms with Crippen LogP contribution in [0, 0.1) is 0 Å². The molecule has 2 nitrogen and oxygen atoms in total. The van der Waals surface area contributed by atoms with Crippen LogP contribution < -0.4 is 10.2 Å². The third kappa shape index (κ3) is 21.9. The molecule has 0 radical (unpaired) electrons. The van der Waals surface area contributed by atoms with Crippen LogP contribution in [0.15, 0.2) is 47.4 Å². The predicted molar refractivity (Wildman–Crippen MR) is 90.1 cm³/mol. The van der Waals surface area contributed by atoms with Crippen LogP contribution in [0.25, 0.3) is 0 Å². The molecule has 0 N–H and O–H groups in total. The maximum atomic E-state index is 10.2. The molecule has 0 saturated carbocycles. The number of hydrogen-bond acceptors (Lipinski definition) is 2. The second-order valence-corrected chi connectivity index (χ2v) is 7.87. The summed E-state index contributed by atoms with van der Waals surface area (Å²) in [6.07, 6.45) is 13.8. The van der Waals surface area contributed by atoms with Gasteiger partial charge in [-0.3, -0.25) is 0 Å². The molecule has 0 aromatic rings. The van der Waals surface area contributed by atoms with Crippen LogP contribution in [0.3, 0.4) is 0 Å². The van der Waals surface area contributed by atoms with Crippen molar-refractivity contribution in [2.75, 3.05) is 0 Å². The molecule has 0 aromatic heterocycles. The molecule has 1 rings (SSSR count). The summed E-state index contributed by atoms with van der Waals surface area (Å²) < 4.78 is 3.13. The van der Waals surface area contributed by atoms with Crippen molar-refractivity contribution in [3.63, 3.8) is 0 Å². The van der Waals surface area contributed by atoms with E-state index in [1.807, 2.05) is 0 Å². The SMILES string of the molecule is C=CCCC(C)[O-].C=CCCC(C)[O-].C[CH2][Ti+2][C]1=CC=CC1. The van der Waals surface area contributed by atoms with Crippen LogP contribution in [0.1, 0.15) is 52.9 Å². The van der Waals surface area contributed by atoms with E-state index in [1.165, 1.54) is 11.1 Å². The summed E-state index contributed by atoms with van der Waals surface area (Å²) >= 11 is 0.306. The van der Waals surface area contributed by atoms with Gasteiger partial charge in [-0.15, -0.1) is 25.4 Å². The zero-order valence-electron chi connectivity index (χ0n) is 14.5. The first-order valence-electron chi connectivity index (χ1n) is 8.10. The van der Waals surface area contributed by atoms with Gasteiger partial charge in [0.1, 0.15) is 0 Å². The van der Waals surface area contributed by atoms with Gasteiger partial charge in [0, 0.05) is 0 Å². The van der Waals surface area contributed by atoms with Crippen LogP contribution in [-0.4, -0.2) is 12.2 Å². The molecule has 0 spiro atoms. The van der Waals surface area contributed by atoms with Gasteiger partial charge in [-0.2, -0.15) is 0 Å². The second-order valence-electron chi connectivity index (χ2n) is 5.21. The molecule has 1 aliphatic carbocycles. The Morgan fingerprint density at radius 1 is 1.14 bits per heavy atom. The van der Waals surface area contributed by atoms with Crippen LogP contribution in [-0.2, 0) is 19.2 Å². The zero-order chi connectivity index (χ0) is 17.2. The Bertz CT molecular complexity index is 301. The fourth-order valence-corrected chi connectivity index (χ4v) is 2.96. The summed E-state index contributed by atoms with van der Waals surface area (Å²) in [6.45, 7) is 12.6. The van der Waals surface area contributed by atoms with Crippen molar-refractivity contribution in [2.45, 2.75) is 69.8 Å². The molecule has 0 amide bonds. The van der Waals surface area contributed by atoms with E-state index in [0.717, 1.165) is 25.7 Å². The molecule has 0 fully saturated rings. The van der Waals surface area contributed by atoms with Gasteiger partial charge in [0.25, 0.3) is 0 Å². The Balaban J connectivity index is 0. The zero-order valence-corrected chi connectivity index (χ0v) is 16.1. The normalized spacial score (nSPS) is 14.3. The molecule has 2 atom stereocenters. The first kappa shape index (κ1) is 23.9. The molecule has 3 heteroatoms. The Morgan fingerprint density at radius 2 is 1.64 bits per heavy atom. The third-order valence-corrected chi connectivity index (χ3v) is 4.57. The van der Waals surface area contributed by atoms with E-state index in [1.54, 1.807) is 29.9 Å². The van der Waals surface area contributed by atoms with Gasteiger partial charge in [0.05, 0.1) is 0 Å². The quantitative estimate of drug-likeness (QED) is 0.499. The standard InChI is InChI=1S/2C6H11O.C5H5.C2H5.Ti/c2*1-3-4-5-6(2)7;1-2-4-5-3-1;1-2;/h2*3,6H,1,4-5H2,2H3;1-3H,4H2;1H2,2H3;/q2*-1;;;+2. The molecular formula is C19H32O2Ti. The van der Waals surface area contributed by atoms with Gasteiger partial charge in [-0.1, -0.05) is 38.8 Å². The molecule has 0 saturated heterocycles. The second kappa shape index (κ2) is 18.6. The van der Waals surface area contributed by atoms with Crippen molar-refractivity contribution in [3.05, 3.63) is 47.4 Å². The summed E-state index contributed by atoms with van der Waals surface area (Å²) in [7, 11) is 0. The average Bonchev–Trinajstić information content (AvgIpc) is 2.97. The van der Waals surface area contributed by atoms with Gasteiger partial charge < -0.3 is 10.2 Å². The summed E-state index contributed by atoms with van der Waals surface area (Å²) in [5.41, 5.74) is 0. The molecule has 124 valence electrons. The molecular weight excluding hydrogens is 308 g/mol. The first-order chi connectivity index (χ1) is 10.5. The average molecular weight is 340 g/mol. The van der Waals surface area contributed by atoms with Gasteiger partial charge in [0.15, 0.2) is 0 Å². The van der Waals surface area contributed by atoms with Crippen LogP contribution in [0.5, 0.6) is 0 Å². The van der Waals surface area contributed by atoms with E-state index in [9.17, 15) is 10.2 Å². The van der Waals surface area contributed by atoms with Gasteiger partial charge in [-0.25, -0.2) is 0 Å². The summed E-state index contributed by atoms with van der Waals surface area (Å²) in [6, 6.07) is 0. The maximum absolute atomic E-state index is 10.2. The first-order valence-corrected chi connectivity index (χ1v) is 9.99. The van der Waals surface area contributed by atoms with E-state index < -0.39 is 12.2 Å². The Morgan fingerprint density at radius 3 is 1.86 bits per heavy atom. The van der Waals surface area contributed by atoms with Crippen molar-refractivity contribution >= 4 is 0 Å². The van der Waals surface area contributed by atoms with Crippen molar-refractivity contribution < 1.29 is 29.4 Å². The molecule has 0 aromatic carbocycles. The predicted octanol–water partition coefficient (Wildman–Crippen LogP) is 3.75. The monoisotopic (exact) mass is 340 g/mol. The number of hydrogen-bond donors (Lipinski definition) is 0. The molecule has 2 unspecified atom stereocenters. The topological polar surface area (TPSA) is 46.1 Å².